The van der Waals surface area contributed by atoms with Crippen molar-refractivity contribution < 1.29 is 27.5 Å². The van der Waals surface area contributed by atoms with Crippen LogP contribution in [0.3, 0.4) is 0 Å². The number of amides is 2. The van der Waals surface area contributed by atoms with Crippen LogP contribution >= 0.6 is 11.6 Å². The molecule has 178 valence electrons. The number of rotatable bonds is 8. The smallest absolute Gasteiger partial charge is 0.417 e. The summed E-state index contributed by atoms with van der Waals surface area (Å²) < 4.78 is 44.6. The van der Waals surface area contributed by atoms with E-state index in [9.17, 15) is 22.8 Å². The molecular weight excluding hydrogens is 471 g/mol. The van der Waals surface area contributed by atoms with Crippen LogP contribution in [-0.2, 0) is 17.4 Å². The number of nitrogens with zero attached hydrogens (tertiary/aromatic N) is 1. The molecule has 0 atom stereocenters. The van der Waals surface area contributed by atoms with Crippen LogP contribution < -0.4 is 15.4 Å². The molecule has 0 saturated heterocycles. The van der Waals surface area contributed by atoms with Gasteiger partial charge in [0.05, 0.1) is 10.6 Å². The highest BCUT2D eigenvalue weighted by Crippen LogP contribution is 2.36. The summed E-state index contributed by atoms with van der Waals surface area (Å²) in [5, 5.41) is 4.54. The van der Waals surface area contributed by atoms with Gasteiger partial charge in [-0.05, 0) is 54.8 Å². The van der Waals surface area contributed by atoms with Crippen LogP contribution in [0.15, 0.2) is 60.8 Å². The number of hydrogen-bond donors (Lipinski definition) is 2. The molecule has 0 fully saturated rings. The molecule has 10 heteroatoms. The largest absolute Gasteiger partial charge is 0.457 e. The third-order valence-electron chi connectivity index (χ3n) is 4.77. The molecule has 2 N–H and O–H groups in total. The van der Waals surface area contributed by atoms with Gasteiger partial charge >= 0.3 is 6.18 Å². The molecule has 1 aromatic heterocycles. The molecular formula is C24H21ClF3N3O3. The highest BCUT2D eigenvalue weighted by atomic mass is 35.5. The third-order valence-corrected chi connectivity index (χ3v) is 5.10. The van der Waals surface area contributed by atoms with Gasteiger partial charge in [-0.15, -0.1) is 0 Å². The van der Waals surface area contributed by atoms with Gasteiger partial charge in [-0.3, -0.25) is 14.6 Å². The van der Waals surface area contributed by atoms with E-state index in [0.717, 1.165) is 17.7 Å². The van der Waals surface area contributed by atoms with Gasteiger partial charge in [-0.25, -0.2) is 0 Å². The summed E-state index contributed by atoms with van der Waals surface area (Å²) in [5.74, 6) is 0.328. The second kappa shape index (κ2) is 11.0. The van der Waals surface area contributed by atoms with E-state index in [-0.39, 0.29) is 29.6 Å². The summed E-state index contributed by atoms with van der Waals surface area (Å²) in [6.07, 6.45) is -1.88. The average Bonchev–Trinajstić information content (AvgIpc) is 2.80. The maximum absolute atomic E-state index is 12.9. The normalized spacial score (nSPS) is 11.1. The van der Waals surface area contributed by atoms with Crippen LogP contribution in [0.25, 0.3) is 0 Å². The molecule has 3 rings (SSSR count). The van der Waals surface area contributed by atoms with Gasteiger partial charge in [0.2, 0.25) is 5.91 Å². The first-order valence-electron chi connectivity index (χ1n) is 10.3. The van der Waals surface area contributed by atoms with Crippen molar-refractivity contribution in [1.29, 1.82) is 0 Å². The zero-order valence-corrected chi connectivity index (χ0v) is 18.8. The average molecular weight is 492 g/mol. The first kappa shape index (κ1) is 25.0. The summed E-state index contributed by atoms with van der Waals surface area (Å²) in [5.41, 5.74) is 0.250. The number of anilines is 1. The fourth-order valence-electron chi connectivity index (χ4n) is 3.08. The standard InChI is InChI=1S/C24H21ClF3N3O3/c1-29-23(33)21-14-18(11-12-30-21)34-17-8-5-15(6-9-17)3-2-4-22(32)31-16-7-10-20(25)19(13-16)24(26,27)28/h5-14H,2-4H2,1H3,(H,29,33)(H,31,32). The van der Waals surface area contributed by atoms with Crippen LogP contribution in [0.1, 0.15) is 34.5 Å². The van der Waals surface area contributed by atoms with E-state index in [2.05, 4.69) is 15.6 Å². The molecule has 1 heterocycles. The van der Waals surface area contributed by atoms with Gasteiger partial charge in [0.15, 0.2) is 0 Å². The number of benzene rings is 2. The van der Waals surface area contributed by atoms with Crippen LogP contribution in [0, 0.1) is 0 Å². The zero-order valence-electron chi connectivity index (χ0n) is 18.1. The van der Waals surface area contributed by atoms with Gasteiger partial charge in [0, 0.05) is 31.4 Å². The number of alkyl halides is 3. The molecule has 2 amide bonds. The van der Waals surface area contributed by atoms with Crippen molar-refractivity contribution >= 4 is 29.1 Å². The number of halogens is 4. The number of nitrogens with one attached hydrogen (secondary N) is 2. The number of aryl methyl sites for hydroxylation is 1. The van der Waals surface area contributed by atoms with Crippen molar-refractivity contribution in [3.05, 3.63) is 82.6 Å². The molecule has 0 unspecified atom stereocenters. The SMILES string of the molecule is CNC(=O)c1cc(Oc2ccc(CCCC(=O)Nc3ccc(Cl)c(C(F)(F)F)c3)cc2)ccn1. The summed E-state index contributed by atoms with van der Waals surface area (Å²) in [7, 11) is 1.52. The van der Waals surface area contributed by atoms with Gasteiger partial charge < -0.3 is 15.4 Å². The first-order chi connectivity index (χ1) is 16.2. The molecule has 0 aliphatic heterocycles. The second-order valence-corrected chi connectivity index (χ2v) is 7.70. The Morgan fingerprint density at radius 2 is 1.76 bits per heavy atom. The Balaban J connectivity index is 1.49. The van der Waals surface area contributed by atoms with Crippen molar-refractivity contribution in [2.24, 2.45) is 0 Å². The Labute approximate surface area is 199 Å². The first-order valence-corrected chi connectivity index (χ1v) is 10.6. The molecule has 0 radical (unpaired) electrons. The Kier molecular flexibility index (Phi) is 8.12. The lowest BCUT2D eigenvalue weighted by Crippen LogP contribution is -2.18. The van der Waals surface area contributed by atoms with E-state index in [1.807, 2.05) is 12.1 Å². The topological polar surface area (TPSA) is 80.3 Å². The highest BCUT2D eigenvalue weighted by Gasteiger charge is 2.33. The predicted molar refractivity (Wildman–Crippen MR) is 122 cm³/mol. The molecule has 34 heavy (non-hydrogen) atoms. The van der Waals surface area contributed by atoms with Crippen LogP contribution in [0.5, 0.6) is 11.5 Å². The van der Waals surface area contributed by atoms with E-state index in [1.54, 1.807) is 18.2 Å². The molecule has 3 aromatic rings. The number of carbonyl (C=O) groups is 2. The van der Waals surface area contributed by atoms with Gasteiger partial charge in [-0.2, -0.15) is 13.2 Å². The Morgan fingerprint density at radius 3 is 2.44 bits per heavy atom. The Bertz CT molecular complexity index is 1170. The lowest BCUT2D eigenvalue weighted by Gasteiger charge is -2.12. The number of pyridine rings is 1. The summed E-state index contributed by atoms with van der Waals surface area (Å²) in [6.45, 7) is 0. The van der Waals surface area contributed by atoms with E-state index >= 15 is 0 Å². The monoisotopic (exact) mass is 491 g/mol. The number of hydrogen-bond acceptors (Lipinski definition) is 4. The van der Waals surface area contributed by atoms with Crippen LogP contribution in [-0.4, -0.2) is 23.8 Å². The van der Waals surface area contributed by atoms with E-state index in [4.69, 9.17) is 16.3 Å². The van der Waals surface area contributed by atoms with Crippen molar-refractivity contribution in [1.82, 2.24) is 10.3 Å². The lowest BCUT2D eigenvalue weighted by molar-refractivity contribution is -0.137. The molecule has 0 spiro atoms. The van der Waals surface area contributed by atoms with E-state index in [0.29, 0.717) is 24.3 Å². The van der Waals surface area contributed by atoms with Crippen molar-refractivity contribution in [2.75, 3.05) is 12.4 Å². The van der Waals surface area contributed by atoms with E-state index < -0.39 is 16.8 Å². The second-order valence-electron chi connectivity index (χ2n) is 7.30. The van der Waals surface area contributed by atoms with Crippen LogP contribution in [0.2, 0.25) is 5.02 Å². The highest BCUT2D eigenvalue weighted by molar-refractivity contribution is 6.31. The van der Waals surface area contributed by atoms with Gasteiger partial charge in [0.1, 0.15) is 17.2 Å². The minimum Gasteiger partial charge on any atom is -0.457 e. The lowest BCUT2D eigenvalue weighted by atomic mass is 10.1. The van der Waals surface area contributed by atoms with Crippen molar-refractivity contribution in [3.8, 4) is 11.5 Å². The van der Waals surface area contributed by atoms with Crippen molar-refractivity contribution in [3.63, 3.8) is 0 Å². The molecule has 0 bridgehead atoms. The fourth-order valence-corrected chi connectivity index (χ4v) is 3.31. The van der Waals surface area contributed by atoms with E-state index in [1.165, 1.54) is 25.4 Å². The number of carbonyl (C=O) groups excluding carboxylic acids is 2. The maximum Gasteiger partial charge on any atom is 0.417 e. The van der Waals surface area contributed by atoms with Gasteiger partial charge in [0.25, 0.3) is 5.91 Å². The Morgan fingerprint density at radius 1 is 1.03 bits per heavy atom. The fraction of sp³-hybridized carbons (Fsp3) is 0.208. The molecule has 0 aliphatic carbocycles. The summed E-state index contributed by atoms with van der Waals surface area (Å²) >= 11 is 5.59. The molecule has 0 aliphatic rings. The van der Waals surface area contributed by atoms with Gasteiger partial charge in [-0.1, -0.05) is 23.7 Å². The third kappa shape index (κ3) is 6.95. The quantitative estimate of drug-likeness (QED) is 0.413. The number of ether oxygens (including phenoxy) is 1. The van der Waals surface area contributed by atoms with Crippen LogP contribution in [0.4, 0.5) is 18.9 Å². The van der Waals surface area contributed by atoms with Crippen molar-refractivity contribution in [2.45, 2.75) is 25.4 Å². The minimum absolute atomic E-state index is 0.0407. The zero-order chi connectivity index (χ0) is 24.7. The minimum atomic E-state index is -4.60. The molecule has 0 saturated carbocycles. The Hall–Kier alpha value is -3.59. The molecule has 6 nitrogen and oxygen atoms in total. The summed E-state index contributed by atoms with van der Waals surface area (Å²) in [4.78, 5) is 27.8. The maximum atomic E-state index is 12.9. The molecule has 2 aromatic carbocycles. The number of aromatic nitrogens is 1. The predicted octanol–water partition coefficient (Wildman–Crippen LogP) is 5.87. The summed E-state index contributed by atoms with van der Waals surface area (Å²) in [6, 6.07) is 13.7.